The predicted molar refractivity (Wildman–Crippen MR) is 126 cm³/mol. The summed E-state index contributed by atoms with van der Waals surface area (Å²) < 4.78 is 56.0. The molecule has 18 heteroatoms. The molecule has 0 bridgehead atoms. The van der Waals surface area contributed by atoms with Gasteiger partial charge < -0.3 is 50.4 Å². The number of rotatable bonds is 9. The molecule has 228 valence electrons. The number of aromatic amines is 1. The van der Waals surface area contributed by atoms with Gasteiger partial charge in [0, 0.05) is 44.9 Å². The van der Waals surface area contributed by atoms with Gasteiger partial charge in [0.15, 0.2) is 12.5 Å². The summed E-state index contributed by atoms with van der Waals surface area (Å²) >= 11 is 0. The van der Waals surface area contributed by atoms with Crippen molar-refractivity contribution in [1.82, 2.24) is 14.9 Å². The van der Waals surface area contributed by atoms with Gasteiger partial charge in [0.2, 0.25) is 0 Å². The normalized spacial score (nSPS) is 33.0. The molecule has 0 radical (unpaired) electrons. The Bertz CT molecular complexity index is 1080. The number of carbonyl (C=O) groups is 1. The lowest BCUT2D eigenvalue weighted by Crippen LogP contribution is -2.45. The number of aromatic nitrogens is 2. The number of ether oxygens (including phenoxy) is 4. The second-order valence-corrected chi connectivity index (χ2v) is 9.42. The van der Waals surface area contributed by atoms with Crippen molar-refractivity contribution < 1.29 is 57.3 Å². The molecule has 0 spiro atoms. The number of nitrogens with one attached hydrogen (secondary N) is 2. The molecule has 0 saturated carbocycles. The smallest absolute Gasteiger partial charge is 0.475 e. The molecule has 3 saturated heterocycles. The van der Waals surface area contributed by atoms with Gasteiger partial charge in [-0.3, -0.25) is 14.3 Å². The van der Waals surface area contributed by atoms with Crippen molar-refractivity contribution in [2.75, 3.05) is 26.2 Å². The molecule has 0 aliphatic carbocycles. The van der Waals surface area contributed by atoms with Crippen molar-refractivity contribution >= 4 is 5.97 Å². The minimum Gasteiger partial charge on any atom is -0.475 e. The maximum atomic E-state index is 12.2. The highest BCUT2D eigenvalue weighted by atomic mass is 19.4. The van der Waals surface area contributed by atoms with Crippen molar-refractivity contribution in [1.29, 1.82) is 0 Å². The number of halogens is 3. The van der Waals surface area contributed by atoms with Crippen LogP contribution in [0.2, 0.25) is 0 Å². The largest absolute Gasteiger partial charge is 0.490 e. The van der Waals surface area contributed by atoms with Crippen LogP contribution >= 0.6 is 0 Å². The summed E-state index contributed by atoms with van der Waals surface area (Å²) in [6, 6.07) is 1.17. The fourth-order valence-electron chi connectivity index (χ4n) is 4.45. The number of alkyl halides is 3. The molecule has 3 fully saturated rings. The minimum atomic E-state index is -5.08. The van der Waals surface area contributed by atoms with Gasteiger partial charge in [0.25, 0.3) is 5.56 Å². The van der Waals surface area contributed by atoms with Crippen molar-refractivity contribution in [3.8, 4) is 0 Å². The van der Waals surface area contributed by atoms with Crippen LogP contribution in [-0.4, -0.2) is 117 Å². The Labute approximate surface area is 224 Å². The van der Waals surface area contributed by atoms with Gasteiger partial charge in [-0.25, -0.2) is 9.59 Å². The number of aliphatic hydroxyl groups is 3. The van der Waals surface area contributed by atoms with Crippen LogP contribution in [0.3, 0.4) is 0 Å². The number of hydrogen-bond donors (Lipinski definition) is 7. The number of nitrogens with two attached hydrogens (primary N) is 1. The van der Waals surface area contributed by atoms with Crippen LogP contribution in [0.5, 0.6) is 0 Å². The molecule has 40 heavy (non-hydrogen) atoms. The Morgan fingerprint density at radius 3 is 2.50 bits per heavy atom. The minimum absolute atomic E-state index is 0.00979. The van der Waals surface area contributed by atoms with E-state index >= 15 is 0 Å². The first-order chi connectivity index (χ1) is 18.8. The fourth-order valence-corrected chi connectivity index (χ4v) is 4.45. The average molecular weight is 587 g/mol. The lowest BCUT2D eigenvalue weighted by molar-refractivity contribution is -0.213. The summed E-state index contributed by atoms with van der Waals surface area (Å²) in [5.41, 5.74) is 4.32. The monoisotopic (exact) mass is 586 g/mol. The average Bonchev–Trinajstić information content (AvgIpc) is 3.60. The summed E-state index contributed by atoms with van der Waals surface area (Å²) in [5, 5.41) is 41.4. The molecule has 3 aliphatic rings. The first-order valence-electron chi connectivity index (χ1n) is 12.5. The van der Waals surface area contributed by atoms with Crippen LogP contribution in [-0.2, 0) is 23.7 Å². The van der Waals surface area contributed by atoms with Crippen LogP contribution < -0.4 is 22.3 Å². The molecule has 1 aromatic heterocycles. The van der Waals surface area contributed by atoms with Crippen molar-refractivity contribution in [3.63, 3.8) is 0 Å². The molecule has 0 aromatic carbocycles. The molecule has 1 unspecified atom stereocenters. The third-order valence-electron chi connectivity index (χ3n) is 6.50. The number of hydrogen-bond acceptors (Lipinski definition) is 12. The standard InChI is InChI=1S/C20H32N4O9.C2HF3O2/c21-7-13-16(27)17(28)19(32-13)33-14(9-22-8-10-2-1-5-30-10)12-6-11(25)18(31-12)24-4-3-15(26)23-20(24)29;3-2(4,5)1(6)7/h3-4,10-14,16-19,22,25,27-28H,1-2,5-9,21H2,(H,23,26,29);(H,6,7)/t10?,11-,12+,13-,14+,16-,17-,18-,19+;/m1./s1. The summed E-state index contributed by atoms with van der Waals surface area (Å²) in [6.45, 7) is 1.59. The van der Waals surface area contributed by atoms with Gasteiger partial charge in [-0.1, -0.05) is 0 Å². The molecule has 4 rings (SSSR count). The van der Waals surface area contributed by atoms with E-state index in [4.69, 9.17) is 34.6 Å². The Morgan fingerprint density at radius 1 is 1.25 bits per heavy atom. The molecule has 8 N–H and O–H groups in total. The Hall–Kier alpha value is -2.42. The highest BCUT2D eigenvalue weighted by Gasteiger charge is 2.47. The summed E-state index contributed by atoms with van der Waals surface area (Å²) in [5.74, 6) is -2.76. The van der Waals surface area contributed by atoms with E-state index in [1.807, 2.05) is 0 Å². The van der Waals surface area contributed by atoms with E-state index in [-0.39, 0.29) is 25.6 Å². The molecule has 3 aliphatic heterocycles. The van der Waals surface area contributed by atoms with Gasteiger partial charge in [-0.2, -0.15) is 13.2 Å². The predicted octanol–water partition coefficient (Wildman–Crippen LogP) is -2.62. The molecule has 4 heterocycles. The van der Waals surface area contributed by atoms with Gasteiger partial charge in [-0.05, 0) is 12.8 Å². The molecule has 1 aromatic rings. The van der Waals surface area contributed by atoms with Crippen molar-refractivity contribution in [2.24, 2.45) is 5.73 Å². The summed E-state index contributed by atoms with van der Waals surface area (Å²) in [6.07, 6.45) is -9.51. The van der Waals surface area contributed by atoms with Crippen molar-refractivity contribution in [3.05, 3.63) is 33.1 Å². The Morgan fingerprint density at radius 2 is 1.95 bits per heavy atom. The van der Waals surface area contributed by atoms with Gasteiger partial charge in [0.1, 0.15) is 24.4 Å². The first-order valence-corrected chi connectivity index (χ1v) is 12.5. The van der Waals surface area contributed by atoms with Crippen LogP contribution in [0.15, 0.2) is 21.9 Å². The zero-order valence-electron chi connectivity index (χ0n) is 21.1. The molecule has 9 atom stereocenters. The molecule has 15 nitrogen and oxygen atoms in total. The van der Waals surface area contributed by atoms with Crippen LogP contribution in [0, 0.1) is 0 Å². The number of aliphatic carboxylic acids is 1. The van der Waals surface area contributed by atoms with Gasteiger partial charge in [-0.15, -0.1) is 0 Å². The Kier molecular flexibility index (Phi) is 11.2. The number of carboxylic acids is 1. The SMILES string of the molecule is NC[C@H]1O[C@@H](O[C@@H](CNCC2CCCO2)[C@@H]2C[C@@H](O)[C@H](n3ccc(=O)[nH]c3=O)O2)[C@H](O)[C@@H]1O.O=C(O)C(F)(F)F. The maximum Gasteiger partial charge on any atom is 0.490 e. The van der Waals surface area contributed by atoms with Gasteiger partial charge in [0.05, 0.1) is 18.3 Å². The summed E-state index contributed by atoms with van der Waals surface area (Å²) in [4.78, 5) is 34.6. The van der Waals surface area contributed by atoms with Crippen LogP contribution in [0.25, 0.3) is 0 Å². The fraction of sp³-hybridized carbons (Fsp3) is 0.773. The second kappa shape index (κ2) is 14.0. The van der Waals surface area contributed by atoms with E-state index in [0.717, 1.165) is 24.0 Å². The topological polar surface area (TPSA) is 228 Å². The van der Waals surface area contributed by atoms with E-state index in [1.165, 1.54) is 12.3 Å². The van der Waals surface area contributed by atoms with E-state index < -0.39 is 72.5 Å². The lowest BCUT2D eigenvalue weighted by atomic mass is 10.1. The van der Waals surface area contributed by atoms with E-state index in [0.29, 0.717) is 6.54 Å². The molecular weight excluding hydrogens is 553 g/mol. The van der Waals surface area contributed by atoms with Crippen LogP contribution in [0.1, 0.15) is 25.5 Å². The molecule has 0 amide bonds. The maximum absolute atomic E-state index is 12.2. The number of carboxylic acid groups (broad SMARTS) is 1. The van der Waals surface area contributed by atoms with Gasteiger partial charge >= 0.3 is 17.8 Å². The zero-order chi connectivity index (χ0) is 29.6. The van der Waals surface area contributed by atoms with E-state index in [1.54, 1.807) is 0 Å². The third-order valence-corrected chi connectivity index (χ3v) is 6.50. The molecular formula is C22H33F3N4O11. The number of H-pyrrole nitrogens is 1. The third kappa shape index (κ3) is 8.30. The van der Waals surface area contributed by atoms with Crippen molar-refractivity contribution in [2.45, 2.75) is 80.7 Å². The Balaban J connectivity index is 0.000000559. The van der Waals surface area contributed by atoms with E-state index in [9.17, 15) is 38.1 Å². The highest BCUT2D eigenvalue weighted by molar-refractivity contribution is 5.73. The van der Waals surface area contributed by atoms with E-state index in [2.05, 4.69) is 10.3 Å². The highest BCUT2D eigenvalue weighted by Crippen LogP contribution is 2.32. The summed E-state index contributed by atoms with van der Waals surface area (Å²) in [7, 11) is 0. The van der Waals surface area contributed by atoms with Crippen LogP contribution in [0.4, 0.5) is 13.2 Å². The lowest BCUT2D eigenvalue weighted by Gasteiger charge is -2.28. The number of nitrogens with zero attached hydrogens (tertiary/aromatic N) is 1. The zero-order valence-corrected chi connectivity index (χ0v) is 21.1. The number of aliphatic hydroxyl groups excluding tert-OH is 3. The quantitative estimate of drug-likeness (QED) is 0.157. The second-order valence-electron chi connectivity index (χ2n) is 9.42. The first kappa shape index (κ1) is 32.1.